The Balaban J connectivity index is 0.000000606. The Kier molecular flexibility index (Phi) is 16.1. The van der Waals surface area contributed by atoms with Gasteiger partial charge >= 0.3 is 24.5 Å². The molecular formula is C40H37BrF11N5O6. The number of amides is 1. The molecule has 1 saturated heterocycles. The van der Waals surface area contributed by atoms with Crippen molar-refractivity contribution >= 4 is 44.4 Å². The Hall–Kier alpha value is -5.84. The van der Waals surface area contributed by atoms with E-state index in [0.29, 0.717) is 29.3 Å². The molecule has 4 heterocycles. The number of aryl methyl sites for hydroxylation is 2. The number of carbonyl (C=O) groups is 2. The van der Waals surface area contributed by atoms with Crippen LogP contribution in [0.1, 0.15) is 41.9 Å². The molecule has 0 saturated carbocycles. The zero-order chi connectivity index (χ0) is 45.4. The molecule has 0 radical (unpaired) electrons. The lowest BCUT2D eigenvalue weighted by molar-refractivity contribution is -0.167. The van der Waals surface area contributed by atoms with Crippen molar-refractivity contribution in [2.45, 2.75) is 51.9 Å². The first-order valence-corrected chi connectivity index (χ1v) is 18.1. The molecule has 2 N–H and O–H groups in total. The van der Waals surface area contributed by atoms with Crippen LogP contribution >= 0.6 is 15.9 Å². The van der Waals surface area contributed by atoms with Gasteiger partial charge in [0.25, 0.3) is 17.0 Å². The molecule has 63 heavy (non-hydrogen) atoms. The summed E-state index contributed by atoms with van der Waals surface area (Å²) in [5, 5.41) is 12.1. The van der Waals surface area contributed by atoms with Gasteiger partial charge in [-0.1, -0.05) is 33.1 Å². The van der Waals surface area contributed by atoms with E-state index in [1.165, 1.54) is 37.5 Å². The average molecular weight is 973 g/mol. The number of nitrogens with zero attached hydrogens (tertiary/aromatic N) is 4. The number of ether oxygens (including phenoxy) is 1. The highest BCUT2D eigenvalue weighted by Gasteiger charge is 2.46. The number of aliphatic carboxylic acids is 1. The molecule has 1 aliphatic rings. The number of halogens is 12. The predicted octanol–water partition coefficient (Wildman–Crippen LogP) is 8.53. The normalized spacial score (nSPS) is 14.8. The van der Waals surface area contributed by atoms with Crippen molar-refractivity contribution in [3.63, 3.8) is 0 Å². The van der Waals surface area contributed by atoms with Crippen LogP contribution in [-0.2, 0) is 42.4 Å². The van der Waals surface area contributed by atoms with Crippen LogP contribution < -0.4 is 21.3 Å². The van der Waals surface area contributed by atoms with E-state index in [-0.39, 0.29) is 60.1 Å². The summed E-state index contributed by atoms with van der Waals surface area (Å²) >= 11 is 2.76. The number of carboxylic acids is 1. The standard InChI is InChI=1S/C31H24F8N4O5.C7H5BrF3NO.2CH4/c1-42-13-16(30(34,35)36)10-20(28(42)45)19-5-4-15(18-3-2-6-40-26(18)19)9-23(29(46)47)41-27(44)25-21(32)11-17(12-22(25)33)43-7-8-48-14-24(43)31(37,38)39;1-12-3-4(7(9,10)11)2-5(8)6(12)13;;/h2-6,10-13,23-24H,7-9,14H2,1H3,(H,41,44)(H,46,47);2-3H,1H3;2*1H4/t23-,24+;;;/m0.../s1. The van der Waals surface area contributed by atoms with E-state index < -0.39 is 101 Å². The number of hydrogen-bond donors (Lipinski definition) is 2. The Morgan fingerprint density at radius 2 is 1.44 bits per heavy atom. The number of alkyl halides is 9. The lowest BCUT2D eigenvalue weighted by atomic mass is 9.95. The zero-order valence-corrected chi connectivity index (χ0v) is 32.7. The lowest BCUT2D eigenvalue weighted by Gasteiger charge is -2.38. The van der Waals surface area contributed by atoms with E-state index in [9.17, 15) is 63.8 Å². The summed E-state index contributed by atoms with van der Waals surface area (Å²) in [6, 6.07) is 3.97. The minimum Gasteiger partial charge on any atom is -0.480 e. The highest BCUT2D eigenvalue weighted by atomic mass is 79.9. The Bertz CT molecular complexity index is 2560. The molecule has 0 aliphatic carbocycles. The number of morpholine rings is 1. The van der Waals surface area contributed by atoms with Crippen LogP contribution in [0.5, 0.6) is 0 Å². The number of benzene rings is 2. The van der Waals surface area contributed by atoms with E-state index in [0.717, 1.165) is 28.4 Å². The second-order valence-corrected chi connectivity index (χ2v) is 14.3. The molecule has 342 valence electrons. The first-order valence-electron chi connectivity index (χ1n) is 17.3. The minimum absolute atomic E-state index is 0. The van der Waals surface area contributed by atoms with Gasteiger partial charge in [-0.2, -0.15) is 39.5 Å². The SMILES string of the molecule is C.C.Cn1cc(C(F)(F)F)cc(-c2ccc(C[C@H](NC(=O)c3c(F)cc(N4CCOC[C@@H]4C(F)(F)F)cc3F)C(=O)O)c3cccnc23)c1=O.Cn1cc(C(F)(F)F)cc(Br)c1=O. The third kappa shape index (κ3) is 11.6. The number of nitrogens with one attached hydrogen (secondary N) is 1. The summed E-state index contributed by atoms with van der Waals surface area (Å²) in [7, 11) is 2.41. The fourth-order valence-corrected chi connectivity index (χ4v) is 6.82. The number of fused-ring (bicyclic) bond motifs is 1. The van der Waals surface area contributed by atoms with Gasteiger partial charge < -0.3 is 29.2 Å². The van der Waals surface area contributed by atoms with Gasteiger partial charge in [0.2, 0.25) is 0 Å². The smallest absolute Gasteiger partial charge is 0.417 e. The number of carbonyl (C=O) groups excluding carboxylic acids is 1. The number of rotatable bonds is 7. The lowest BCUT2D eigenvalue weighted by Crippen LogP contribution is -2.53. The van der Waals surface area contributed by atoms with Crippen LogP contribution in [0.25, 0.3) is 22.0 Å². The van der Waals surface area contributed by atoms with Crippen LogP contribution in [0.3, 0.4) is 0 Å². The second-order valence-electron chi connectivity index (χ2n) is 13.4. The van der Waals surface area contributed by atoms with Crippen molar-refractivity contribution in [1.82, 2.24) is 19.4 Å². The van der Waals surface area contributed by atoms with Crippen molar-refractivity contribution in [1.29, 1.82) is 0 Å². The third-order valence-corrected chi connectivity index (χ3v) is 9.82. The van der Waals surface area contributed by atoms with E-state index in [1.54, 1.807) is 0 Å². The molecule has 2 atom stereocenters. The van der Waals surface area contributed by atoms with E-state index >= 15 is 8.78 Å². The molecule has 23 heteroatoms. The number of anilines is 1. The van der Waals surface area contributed by atoms with Crippen molar-refractivity contribution < 1.29 is 67.7 Å². The van der Waals surface area contributed by atoms with Crippen LogP contribution in [0.4, 0.5) is 54.0 Å². The Labute approximate surface area is 358 Å². The van der Waals surface area contributed by atoms with E-state index in [2.05, 4.69) is 20.9 Å². The molecule has 2 aromatic carbocycles. The Morgan fingerprint density at radius 3 is 1.98 bits per heavy atom. The zero-order valence-electron chi connectivity index (χ0n) is 31.1. The molecule has 5 aromatic rings. The second kappa shape index (κ2) is 19.7. The average Bonchev–Trinajstić information content (AvgIpc) is 3.16. The fourth-order valence-electron chi connectivity index (χ4n) is 6.29. The number of pyridine rings is 3. The first kappa shape index (κ1) is 51.5. The van der Waals surface area contributed by atoms with E-state index in [4.69, 9.17) is 4.74 Å². The van der Waals surface area contributed by atoms with Gasteiger partial charge in [0.05, 0.1) is 34.3 Å². The van der Waals surface area contributed by atoms with Gasteiger partial charge in [0, 0.05) is 67.9 Å². The molecule has 3 aromatic heterocycles. The summed E-state index contributed by atoms with van der Waals surface area (Å²) in [5.41, 5.74) is -5.03. The Morgan fingerprint density at radius 1 is 0.873 bits per heavy atom. The number of aromatic nitrogens is 3. The summed E-state index contributed by atoms with van der Waals surface area (Å²) in [5.74, 6) is -6.22. The summed E-state index contributed by atoms with van der Waals surface area (Å²) in [6.45, 7) is -1.28. The van der Waals surface area contributed by atoms with Crippen LogP contribution in [-0.4, -0.2) is 69.1 Å². The van der Waals surface area contributed by atoms with Crippen LogP contribution in [0.15, 0.2) is 81.2 Å². The third-order valence-electron chi connectivity index (χ3n) is 9.25. The maximum Gasteiger partial charge on any atom is 0.417 e. The van der Waals surface area contributed by atoms with Gasteiger partial charge in [0.15, 0.2) is 0 Å². The molecule has 0 spiro atoms. The maximum atomic E-state index is 15.1. The molecule has 1 aliphatic heterocycles. The first-order chi connectivity index (χ1) is 28.3. The number of hydrogen-bond acceptors (Lipinski definition) is 7. The predicted molar refractivity (Wildman–Crippen MR) is 212 cm³/mol. The van der Waals surface area contributed by atoms with Crippen molar-refractivity contribution in [3.05, 3.63) is 126 Å². The minimum atomic E-state index is -4.79. The molecule has 0 bridgehead atoms. The number of carboxylic acid groups (broad SMARTS) is 1. The molecule has 1 amide bonds. The molecule has 11 nitrogen and oxygen atoms in total. The van der Waals surface area contributed by atoms with Crippen LogP contribution in [0, 0.1) is 11.6 Å². The highest BCUT2D eigenvalue weighted by Crippen LogP contribution is 2.35. The summed E-state index contributed by atoms with van der Waals surface area (Å²) < 4.78 is 154. The van der Waals surface area contributed by atoms with Crippen molar-refractivity contribution in [2.24, 2.45) is 14.1 Å². The monoisotopic (exact) mass is 971 g/mol. The fraction of sp³-hybridized carbons (Fsp3) is 0.325. The topological polar surface area (TPSA) is 136 Å². The molecule has 6 rings (SSSR count). The largest absolute Gasteiger partial charge is 0.480 e. The van der Waals surface area contributed by atoms with Crippen molar-refractivity contribution in [2.75, 3.05) is 24.7 Å². The molecule has 0 unspecified atom stereocenters. The molecule has 1 fully saturated rings. The van der Waals surface area contributed by atoms with Crippen molar-refractivity contribution in [3.8, 4) is 11.1 Å². The summed E-state index contributed by atoms with van der Waals surface area (Å²) in [6.07, 6.45) is -11.8. The van der Waals surface area contributed by atoms with Crippen LogP contribution in [0.2, 0.25) is 0 Å². The molecular weight excluding hydrogens is 935 g/mol. The van der Waals surface area contributed by atoms with Gasteiger partial charge in [-0.25, -0.2) is 13.6 Å². The maximum absolute atomic E-state index is 15.1. The highest BCUT2D eigenvalue weighted by molar-refractivity contribution is 9.10. The van der Waals surface area contributed by atoms with E-state index in [1.807, 2.05) is 5.32 Å². The quantitative estimate of drug-likeness (QED) is 0.155. The van der Waals surface area contributed by atoms with Gasteiger partial charge in [-0.05, 0) is 51.8 Å². The van der Waals surface area contributed by atoms with Gasteiger partial charge in [-0.3, -0.25) is 19.4 Å². The summed E-state index contributed by atoms with van der Waals surface area (Å²) in [4.78, 5) is 53.9. The van der Waals surface area contributed by atoms with Gasteiger partial charge in [-0.15, -0.1) is 0 Å². The van der Waals surface area contributed by atoms with Gasteiger partial charge in [0.1, 0.15) is 29.3 Å².